The molecule has 5 aromatic rings. The molecule has 9 heteroatoms. The molecule has 1 unspecified atom stereocenters. The number of aromatic nitrogens is 2. The van der Waals surface area contributed by atoms with Gasteiger partial charge in [0.2, 0.25) is 5.91 Å². The molecule has 0 saturated heterocycles. The van der Waals surface area contributed by atoms with Crippen molar-refractivity contribution in [2.75, 3.05) is 13.6 Å². The molecule has 0 aliphatic carbocycles. The lowest BCUT2D eigenvalue weighted by Crippen LogP contribution is -2.42. The summed E-state index contributed by atoms with van der Waals surface area (Å²) in [5.74, 6) is -1.47. The van der Waals surface area contributed by atoms with Gasteiger partial charge in [-0.15, -0.1) is 11.3 Å². The van der Waals surface area contributed by atoms with Gasteiger partial charge in [0.25, 0.3) is 0 Å². The molecule has 0 saturated carbocycles. The summed E-state index contributed by atoms with van der Waals surface area (Å²) >= 11 is 1.49. The first kappa shape index (κ1) is 31.1. The molecule has 47 heavy (non-hydrogen) atoms. The van der Waals surface area contributed by atoms with Crippen LogP contribution in [-0.2, 0) is 30.7 Å². The summed E-state index contributed by atoms with van der Waals surface area (Å²) < 4.78 is 37.6. The fourth-order valence-corrected chi connectivity index (χ4v) is 7.75. The molecule has 1 atom stereocenters. The Bertz CT molecular complexity index is 2060. The van der Waals surface area contributed by atoms with E-state index in [4.69, 9.17) is 14.7 Å². The van der Waals surface area contributed by atoms with E-state index in [1.54, 1.807) is 11.1 Å². The number of ether oxygens (including phenoxy) is 1. The quantitative estimate of drug-likeness (QED) is 0.174. The number of likely N-dealkylation sites (N-methyl/N-ethyl adjacent to an activating group) is 1. The predicted molar refractivity (Wildman–Crippen MR) is 183 cm³/mol. The van der Waals surface area contributed by atoms with E-state index in [-0.39, 0.29) is 29.4 Å². The number of fused-ring (bicyclic) bond motifs is 3. The Balaban J connectivity index is 1.49. The highest BCUT2D eigenvalue weighted by Gasteiger charge is 2.29. The van der Waals surface area contributed by atoms with Crippen LogP contribution in [0, 0.1) is 11.6 Å². The third kappa shape index (κ3) is 5.72. The fourth-order valence-electron chi connectivity index (χ4n) is 6.80. The van der Waals surface area contributed by atoms with Crippen LogP contribution in [0.5, 0.6) is 5.75 Å². The molecule has 0 N–H and O–H groups in total. The van der Waals surface area contributed by atoms with Crippen molar-refractivity contribution in [1.82, 2.24) is 19.8 Å². The number of rotatable bonds is 6. The molecule has 1 amide bonds. The van der Waals surface area contributed by atoms with Crippen LogP contribution in [0.15, 0.2) is 66.7 Å². The molecule has 2 aromatic carbocycles. The third-order valence-corrected chi connectivity index (χ3v) is 10.0. The van der Waals surface area contributed by atoms with Gasteiger partial charge in [-0.3, -0.25) is 9.78 Å². The number of halogens is 2. The first-order chi connectivity index (χ1) is 22.6. The van der Waals surface area contributed by atoms with E-state index in [1.807, 2.05) is 38.3 Å². The lowest BCUT2D eigenvalue weighted by Gasteiger charge is -2.33. The van der Waals surface area contributed by atoms with Crippen LogP contribution in [0.2, 0.25) is 0 Å². The van der Waals surface area contributed by atoms with E-state index in [1.165, 1.54) is 34.6 Å². The second-order valence-electron chi connectivity index (χ2n) is 12.8. The zero-order valence-corrected chi connectivity index (χ0v) is 27.8. The second-order valence-corrected chi connectivity index (χ2v) is 13.7. The molecule has 240 valence electrons. The number of carbonyl (C=O) groups is 1. The van der Waals surface area contributed by atoms with Crippen LogP contribution in [0.25, 0.3) is 43.7 Å². The highest BCUT2D eigenvalue weighted by molar-refractivity contribution is 7.18. The minimum absolute atomic E-state index is 0.0260. The van der Waals surface area contributed by atoms with Crippen molar-refractivity contribution in [3.8, 4) is 39.4 Å². The largest absolute Gasteiger partial charge is 0.490 e. The topological polar surface area (TPSA) is 58.6 Å². The van der Waals surface area contributed by atoms with Gasteiger partial charge in [0.05, 0.1) is 23.1 Å². The van der Waals surface area contributed by atoms with Crippen molar-refractivity contribution in [2.24, 2.45) is 0 Å². The van der Waals surface area contributed by atoms with Crippen molar-refractivity contribution in [3.05, 3.63) is 101 Å². The number of thiophene rings is 1. The molecule has 0 fully saturated rings. The molecule has 3 aromatic heterocycles. The first-order valence-corrected chi connectivity index (χ1v) is 16.8. The standard InChI is InChI=1S/C38H36F2N4O2S/c1-6-33(45)44-20-27-15-26(18-41-31(27)13-22(44)4)37-35(34-30(40)16-28(39)17-32(34)46-21(2)3)38-29(10-12-47-38)36(42-37)24-7-8-25-19-43(5)11-9-23(25)14-24/h6-8,10,12,14-18,21-22H,1,9,11,13,19-20H2,2-5H3. The van der Waals surface area contributed by atoms with E-state index in [0.29, 0.717) is 29.8 Å². The normalized spacial score (nSPS) is 16.3. The first-order valence-electron chi connectivity index (χ1n) is 15.9. The lowest BCUT2D eigenvalue weighted by molar-refractivity contribution is -0.129. The van der Waals surface area contributed by atoms with Gasteiger partial charge >= 0.3 is 0 Å². The Kier molecular flexibility index (Phi) is 8.14. The van der Waals surface area contributed by atoms with Crippen molar-refractivity contribution in [3.63, 3.8) is 0 Å². The molecule has 2 aliphatic heterocycles. The predicted octanol–water partition coefficient (Wildman–Crippen LogP) is 8.20. The number of hydrogen-bond donors (Lipinski definition) is 0. The van der Waals surface area contributed by atoms with Gasteiger partial charge < -0.3 is 14.5 Å². The van der Waals surface area contributed by atoms with Gasteiger partial charge in [0.1, 0.15) is 17.4 Å². The van der Waals surface area contributed by atoms with Crippen LogP contribution in [0.3, 0.4) is 0 Å². The molecule has 7 rings (SSSR count). The fraction of sp³-hybridized carbons (Fsp3) is 0.289. The van der Waals surface area contributed by atoms with Gasteiger partial charge in [0, 0.05) is 82.9 Å². The highest BCUT2D eigenvalue weighted by atomic mass is 32.1. The minimum Gasteiger partial charge on any atom is -0.490 e. The summed E-state index contributed by atoms with van der Waals surface area (Å²) in [4.78, 5) is 27.0. The smallest absolute Gasteiger partial charge is 0.246 e. The van der Waals surface area contributed by atoms with Crippen LogP contribution in [0.4, 0.5) is 8.78 Å². The van der Waals surface area contributed by atoms with E-state index >= 15 is 4.39 Å². The van der Waals surface area contributed by atoms with Gasteiger partial charge in [-0.2, -0.15) is 0 Å². The second kappa shape index (κ2) is 12.3. The number of hydrogen-bond acceptors (Lipinski definition) is 6. The van der Waals surface area contributed by atoms with Crippen molar-refractivity contribution < 1.29 is 18.3 Å². The maximum Gasteiger partial charge on any atom is 0.246 e. The van der Waals surface area contributed by atoms with Crippen LogP contribution in [0.1, 0.15) is 43.2 Å². The van der Waals surface area contributed by atoms with Gasteiger partial charge in [-0.25, -0.2) is 13.8 Å². The average Bonchev–Trinajstić information content (AvgIpc) is 3.53. The lowest BCUT2D eigenvalue weighted by atomic mass is 9.92. The zero-order chi connectivity index (χ0) is 33.0. The van der Waals surface area contributed by atoms with Crippen molar-refractivity contribution >= 4 is 27.3 Å². The summed E-state index contributed by atoms with van der Waals surface area (Å²) in [6.07, 6.45) is 4.34. The van der Waals surface area contributed by atoms with Crippen molar-refractivity contribution in [1.29, 1.82) is 0 Å². The Morgan fingerprint density at radius 3 is 2.64 bits per heavy atom. The molecular formula is C38H36F2N4O2S. The Hall–Kier alpha value is -4.47. The van der Waals surface area contributed by atoms with Gasteiger partial charge in [-0.05, 0) is 80.6 Å². The SMILES string of the molecule is C=CC(=O)N1Cc2cc(-c3nc(-c4ccc5c(c4)CCN(C)C5)c4ccsc4c3-c3c(F)cc(F)cc3OC(C)C)cnc2CC1C. The van der Waals surface area contributed by atoms with E-state index < -0.39 is 11.6 Å². The summed E-state index contributed by atoms with van der Waals surface area (Å²) in [5, 5.41) is 2.86. The molecule has 0 radical (unpaired) electrons. The number of benzene rings is 2. The third-order valence-electron chi connectivity index (χ3n) is 9.07. The number of pyridine rings is 2. The van der Waals surface area contributed by atoms with Crippen LogP contribution < -0.4 is 4.74 Å². The zero-order valence-electron chi connectivity index (χ0n) is 26.9. The molecule has 5 heterocycles. The number of amides is 1. The molecular weight excluding hydrogens is 615 g/mol. The molecule has 2 aliphatic rings. The van der Waals surface area contributed by atoms with E-state index in [2.05, 4.69) is 36.7 Å². The molecule has 0 bridgehead atoms. The van der Waals surface area contributed by atoms with Gasteiger partial charge in [0.15, 0.2) is 0 Å². The van der Waals surface area contributed by atoms with E-state index in [9.17, 15) is 9.18 Å². The van der Waals surface area contributed by atoms with Gasteiger partial charge in [-0.1, -0.05) is 18.7 Å². The maximum atomic E-state index is 16.1. The average molecular weight is 651 g/mol. The number of carbonyl (C=O) groups excluding carboxylic acids is 1. The monoisotopic (exact) mass is 650 g/mol. The Morgan fingerprint density at radius 2 is 1.85 bits per heavy atom. The minimum atomic E-state index is -0.730. The Labute approximate surface area is 277 Å². The molecule has 6 nitrogen and oxygen atoms in total. The Morgan fingerprint density at radius 1 is 1.04 bits per heavy atom. The van der Waals surface area contributed by atoms with Crippen LogP contribution >= 0.6 is 11.3 Å². The number of nitrogens with zero attached hydrogens (tertiary/aromatic N) is 4. The highest BCUT2D eigenvalue weighted by Crippen LogP contribution is 2.47. The summed E-state index contributed by atoms with van der Waals surface area (Å²) in [5.41, 5.74) is 8.03. The molecule has 0 spiro atoms. The summed E-state index contributed by atoms with van der Waals surface area (Å²) in [7, 11) is 2.13. The van der Waals surface area contributed by atoms with Crippen LogP contribution in [-0.4, -0.2) is 51.4 Å². The van der Waals surface area contributed by atoms with Crippen molar-refractivity contribution in [2.45, 2.75) is 58.8 Å². The summed E-state index contributed by atoms with van der Waals surface area (Å²) in [6.45, 7) is 11.6. The summed E-state index contributed by atoms with van der Waals surface area (Å²) in [6, 6.07) is 12.6. The maximum absolute atomic E-state index is 16.1. The van der Waals surface area contributed by atoms with E-state index in [0.717, 1.165) is 58.2 Å².